The third-order valence-corrected chi connectivity index (χ3v) is 4.58. The van der Waals surface area contributed by atoms with Gasteiger partial charge in [-0.2, -0.15) is 0 Å². The van der Waals surface area contributed by atoms with Crippen molar-refractivity contribution in [1.82, 2.24) is 5.32 Å². The summed E-state index contributed by atoms with van der Waals surface area (Å²) in [7, 11) is 3.37. The lowest BCUT2D eigenvalue weighted by molar-refractivity contribution is 0.414. The Morgan fingerprint density at radius 1 is 0.769 bits per heavy atom. The van der Waals surface area contributed by atoms with Crippen LogP contribution >= 0.6 is 0 Å². The number of nitrogens with one attached hydrogen (secondary N) is 1. The van der Waals surface area contributed by atoms with Gasteiger partial charge in [-0.3, -0.25) is 0 Å². The minimum absolute atomic E-state index is 0.269. The first-order valence-electron chi connectivity index (χ1n) is 8.80. The van der Waals surface area contributed by atoms with Crippen LogP contribution in [0.1, 0.15) is 24.1 Å². The third-order valence-electron chi connectivity index (χ3n) is 4.58. The average Bonchev–Trinajstić information content (AvgIpc) is 2.72. The van der Waals surface area contributed by atoms with Crippen molar-refractivity contribution in [2.24, 2.45) is 0 Å². The first-order chi connectivity index (χ1) is 12.7. The summed E-state index contributed by atoms with van der Waals surface area (Å²) < 4.78 is 10.5. The van der Waals surface area contributed by atoms with Crippen LogP contribution in [0.5, 0.6) is 11.5 Å². The molecule has 0 bridgehead atoms. The predicted octanol–water partition coefficient (Wildman–Crippen LogP) is 5.22. The van der Waals surface area contributed by atoms with Gasteiger partial charge in [-0.1, -0.05) is 42.5 Å². The van der Waals surface area contributed by atoms with E-state index in [1.807, 2.05) is 24.3 Å². The van der Waals surface area contributed by atoms with Crippen LogP contribution in [-0.4, -0.2) is 14.2 Å². The molecule has 1 atom stereocenters. The SMILES string of the molecule is COc1ccc(-c2cccc(CN[C@H](C)c3ccc(OC)cc3)c2)cc1. The molecule has 3 nitrogen and oxygen atoms in total. The molecular weight excluding hydrogens is 322 g/mol. The summed E-state index contributed by atoms with van der Waals surface area (Å²) in [6.45, 7) is 2.99. The fourth-order valence-corrected chi connectivity index (χ4v) is 2.93. The van der Waals surface area contributed by atoms with E-state index in [1.54, 1.807) is 14.2 Å². The molecule has 3 rings (SSSR count). The number of ether oxygens (including phenoxy) is 2. The zero-order valence-corrected chi connectivity index (χ0v) is 15.5. The number of methoxy groups -OCH3 is 2. The van der Waals surface area contributed by atoms with Crippen LogP contribution in [0.25, 0.3) is 11.1 Å². The van der Waals surface area contributed by atoms with Crippen molar-refractivity contribution in [2.45, 2.75) is 19.5 Å². The van der Waals surface area contributed by atoms with E-state index in [0.717, 1.165) is 18.0 Å². The highest BCUT2D eigenvalue weighted by Gasteiger charge is 2.06. The molecule has 0 aromatic heterocycles. The molecule has 0 unspecified atom stereocenters. The van der Waals surface area contributed by atoms with Gasteiger partial charge in [-0.25, -0.2) is 0 Å². The molecule has 3 aromatic carbocycles. The minimum Gasteiger partial charge on any atom is -0.497 e. The molecule has 3 heteroatoms. The molecule has 0 amide bonds. The quantitative estimate of drug-likeness (QED) is 0.635. The normalized spacial score (nSPS) is 11.8. The van der Waals surface area contributed by atoms with Gasteiger partial charge in [-0.15, -0.1) is 0 Å². The van der Waals surface area contributed by atoms with E-state index in [4.69, 9.17) is 9.47 Å². The molecule has 0 aliphatic heterocycles. The van der Waals surface area contributed by atoms with Crippen LogP contribution in [0.3, 0.4) is 0 Å². The van der Waals surface area contributed by atoms with Crippen LogP contribution in [-0.2, 0) is 6.54 Å². The summed E-state index contributed by atoms with van der Waals surface area (Å²) in [5.41, 5.74) is 4.91. The van der Waals surface area contributed by atoms with Crippen molar-refractivity contribution in [3.63, 3.8) is 0 Å². The van der Waals surface area contributed by atoms with Gasteiger partial charge in [0, 0.05) is 12.6 Å². The summed E-state index contributed by atoms with van der Waals surface area (Å²) in [5, 5.41) is 3.59. The van der Waals surface area contributed by atoms with Crippen molar-refractivity contribution in [2.75, 3.05) is 14.2 Å². The molecule has 0 heterocycles. The molecular formula is C23H25NO2. The topological polar surface area (TPSA) is 30.5 Å². The second-order valence-corrected chi connectivity index (χ2v) is 6.30. The molecule has 0 aliphatic carbocycles. The van der Waals surface area contributed by atoms with Crippen molar-refractivity contribution in [3.8, 4) is 22.6 Å². The Morgan fingerprint density at radius 2 is 1.38 bits per heavy atom. The predicted molar refractivity (Wildman–Crippen MR) is 107 cm³/mol. The Labute approximate surface area is 155 Å². The maximum absolute atomic E-state index is 5.23. The van der Waals surface area contributed by atoms with Crippen molar-refractivity contribution < 1.29 is 9.47 Å². The fourth-order valence-electron chi connectivity index (χ4n) is 2.93. The molecule has 0 spiro atoms. The van der Waals surface area contributed by atoms with Gasteiger partial charge in [0.1, 0.15) is 11.5 Å². The van der Waals surface area contributed by atoms with Crippen LogP contribution in [0.15, 0.2) is 72.8 Å². The van der Waals surface area contributed by atoms with E-state index in [2.05, 4.69) is 60.8 Å². The Kier molecular flexibility index (Phi) is 5.92. The highest BCUT2D eigenvalue weighted by Crippen LogP contribution is 2.24. The molecule has 3 aromatic rings. The van der Waals surface area contributed by atoms with E-state index in [9.17, 15) is 0 Å². The Hall–Kier alpha value is -2.78. The minimum atomic E-state index is 0.269. The highest BCUT2D eigenvalue weighted by molar-refractivity contribution is 5.64. The maximum atomic E-state index is 5.23. The van der Waals surface area contributed by atoms with Crippen LogP contribution in [0.2, 0.25) is 0 Å². The number of benzene rings is 3. The first kappa shape index (κ1) is 18.0. The second-order valence-electron chi connectivity index (χ2n) is 6.30. The molecule has 1 N–H and O–H groups in total. The lowest BCUT2D eigenvalue weighted by Crippen LogP contribution is -2.18. The number of rotatable bonds is 7. The van der Waals surface area contributed by atoms with E-state index in [-0.39, 0.29) is 6.04 Å². The van der Waals surface area contributed by atoms with Crippen LogP contribution < -0.4 is 14.8 Å². The lowest BCUT2D eigenvalue weighted by atomic mass is 10.0. The lowest BCUT2D eigenvalue weighted by Gasteiger charge is -2.15. The monoisotopic (exact) mass is 347 g/mol. The second kappa shape index (κ2) is 8.54. The highest BCUT2D eigenvalue weighted by atomic mass is 16.5. The summed E-state index contributed by atoms with van der Waals surface area (Å²) in [6, 6.07) is 25.3. The Bertz CT molecular complexity index is 826. The molecule has 0 saturated heterocycles. The van der Waals surface area contributed by atoms with Crippen molar-refractivity contribution in [3.05, 3.63) is 83.9 Å². The zero-order chi connectivity index (χ0) is 18.4. The average molecular weight is 347 g/mol. The molecule has 26 heavy (non-hydrogen) atoms. The van der Waals surface area contributed by atoms with E-state index in [1.165, 1.54) is 22.3 Å². The van der Waals surface area contributed by atoms with Gasteiger partial charge >= 0.3 is 0 Å². The Morgan fingerprint density at radius 3 is 2.00 bits per heavy atom. The van der Waals surface area contributed by atoms with Gasteiger partial charge in [0.05, 0.1) is 14.2 Å². The molecule has 134 valence electrons. The fraction of sp³-hybridized carbons (Fsp3) is 0.217. The van der Waals surface area contributed by atoms with Gasteiger partial charge in [0.2, 0.25) is 0 Å². The van der Waals surface area contributed by atoms with E-state index in [0.29, 0.717) is 0 Å². The molecule has 0 aliphatic rings. The largest absolute Gasteiger partial charge is 0.497 e. The summed E-state index contributed by atoms with van der Waals surface area (Å²) in [4.78, 5) is 0. The van der Waals surface area contributed by atoms with Gasteiger partial charge in [0.15, 0.2) is 0 Å². The smallest absolute Gasteiger partial charge is 0.118 e. The van der Waals surface area contributed by atoms with Crippen LogP contribution in [0.4, 0.5) is 0 Å². The van der Waals surface area contributed by atoms with Gasteiger partial charge in [0.25, 0.3) is 0 Å². The van der Waals surface area contributed by atoms with Gasteiger partial charge in [-0.05, 0) is 59.5 Å². The Balaban J connectivity index is 1.66. The summed E-state index contributed by atoms with van der Waals surface area (Å²) in [5.74, 6) is 1.76. The third kappa shape index (κ3) is 4.44. The van der Waals surface area contributed by atoms with Gasteiger partial charge < -0.3 is 14.8 Å². The van der Waals surface area contributed by atoms with Crippen LogP contribution in [0, 0.1) is 0 Å². The van der Waals surface area contributed by atoms with E-state index < -0.39 is 0 Å². The molecule has 0 radical (unpaired) electrons. The van der Waals surface area contributed by atoms with Crippen molar-refractivity contribution in [1.29, 1.82) is 0 Å². The molecule has 0 fully saturated rings. The number of hydrogen-bond donors (Lipinski definition) is 1. The molecule has 0 saturated carbocycles. The maximum Gasteiger partial charge on any atom is 0.118 e. The first-order valence-corrected chi connectivity index (χ1v) is 8.80. The number of hydrogen-bond acceptors (Lipinski definition) is 3. The summed E-state index contributed by atoms with van der Waals surface area (Å²) >= 11 is 0. The van der Waals surface area contributed by atoms with E-state index >= 15 is 0 Å². The zero-order valence-electron chi connectivity index (χ0n) is 15.5. The standard InChI is InChI=1S/C23H25NO2/c1-17(19-7-11-22(25-2)12-8-19)24-16-18-5-4-6-21(15-18)20-9-13-23(26-3)14-10-20/h4-15,17,24H,16H2,1-3H3/t17-/m1/s1. The van der Waals surface area contributed by atoms with Crippen molar-refractivity contribution >= 4 is 0 Å². The summed E-state index contributed by atoms with van der Waals surface area (Å²) in [6.07, 6.45) is 0.